The third-order valence-corrected chi connectivity index (χ3v) is 6.08. The molecule has 0 aliphatic rings. The van der Waals surface area contributed by atoms with Gasteiger partial charge in [0.25, 0.3) is 5.91 Å². The van der Waals surface area contributed by atoms with E-state index in [1.807, 2.05) is 31.2 Å². The molecular formula is C25H26N2O3S. The van der Waals surface area contributed by atoms with Crippen LogP contribution < -0.4 is 15.4 Å². The van der Waals surface area contributed by atoms with E-state index < -0.39 is 0 Å². The van der Waals surface area contributed by atoms with Gasteiger partial charge in [0.15, 0.2) is 0 Å². The number of carbonyl (C=O) groups is 2. The first kappa shape index (κ1) is 22.4. The summed E-state index contributed by atoms with van der Waals surface area (Å²) in [7, 11) is 1.56. The summed E-state index contributed by atoms with van der Waals surface area (Å²) < 4.78 is 5.26. The number of methoxy groups -OCH3 is 1. The SMILES string of the molecule is COc1ccccc1NC(=O)c1ccc(NC(=O)C(C)SCc2ccccc2C)cc1. The van der Waals surface area contributed by atoms with Crippen LogP contribution in [-0.2, 0) is 10.5 Å². The lowest BCUT2D eigenvalue weighted by molar-refractivity contribution is -0.115. The number of hydrogen-bond donors (Lipinski definition) is 2. The van der Waals surface area contributed by atoms with Crippen LogP contribution >= 0.6 is 11.8 Å². The molecule has 0 bridgehead atoms. The zero-order chi connectivity index (χ0) is 22.2. The molecule has 2 N–H and O–H groups in total. The highest BCUT2D eigenvalue weighted by Crippen LogP contribution is 2.24. The molecule has 1 atom stereocenters. The molecule has 1 unspecified atom stereocenters. The molecule has 0 spiro atoms. The van der Waals surface area contributed by atoms with Gasteiger partial charge in [0, 0.05) is 17.0 Å². The number of para-hydroxylation sites is 2. The maximum absolute atomic E-state index is 12.5. The summed E-state index contributed by atoms with van der Waals surface area (Å²) in [6.45, 7) is 3.97. The predicted octanol–water partition coefficient (Wildman–Crippen LogP) is 5.52. The fourth-order valence-electron chi connectivity index (χ4n) is 2.95. The fourth-order valence-corrected chi connectivity index (χ4v) is 3.92. The van der Waals surface area contributed by atoms with Gasteiger partial charge in [0.05, 0.1) is 18.0 Å². The summed E-state index contributed by atoms with van der Waals surface area (Å²) in [6.07, 6.45) is 0. The molecule has 0 aliphatic carbocycles. The zero-order valence-corrected chi connectivity index (χ0v) is 18.7. The summed E-state index contributed by atoms with van der Waals surface area (Å²) >= 11 is 1.60. The first-order valence-electron chi connectivity index (χ1n) is 9.99. The number of amides is 2. The van der Waals surface area contributed by atoms with Gasteiger partial charge >= 0.3 is 0 Å². The predicted molar refractivity (Wildman–Crippen MR) is 128 cm³/mol. The third kappa shape index (κ3) is 6.12. The Labute approximate surface area is 187 Å². The van der Waals surface area contributed by atoms with E-state index in [2.05, 4.69) is 29.7 Å². The molecule has 31 heavy (non-hydrogen) atoms. The minimum atomic E-state index is -0.246. The highest BCUT2D eigenvalue weighted by atomic mass is 32.2. The van der Waals surface area contributed by atoms with Gasteiger partial charge in [-0.05, 0) is 61.4 Å². The highest BCUT2D eigenvalue weighted by molar-refractivity contribution is 7.99. The molecule has 0 aliphatic heterocycles. The summed E-state index contributed by atoms with van der Waals surface area (Å²) in [5.41, 5.74) is 4.21. The minimum Gasteiger partial charge on any atom is -0.495 e. The second-order valence-electron chi connectivity index (χ2n) is 7.10. The molecule has 5 nitrogen and oxygen atoms in total. The normalized spacial score (nSPS) is 11.5. The highest BCUT2D eigenvalue weighted by Gasteiger charge is 2.15. The van der Waals surface area contributed by atoms with Gasteiger partial charge in [-0.1, -0.05) is 36.4 Å². The first-order valence-corrected chi connectivity index (χ1v) is 11.0. The number of thioether (sulfide) groups is 1. The first-order chi connectivity index (χ1) is 15.0. The van der Waals surface area contributed by atoms with Gasteiger partial charge in [0.2, 0.25) is 5.91 Å². The van der Waals surface area contributed by atoms with Crippen molar-refractivity contribution in [1.82, 2.24) is 0 Å². The molecule has 3 rings (SSSR count). The summed E-state index contributed by atoms with van der Waals surface area (Å²) in [6, 6.07) is 22.3. The van der Waals surface area contributed by atoms with Gasteiger partial charge in [-0.3, -0.25) is 9.59 Å². The lowest BCUT2D eigenvalue weighted by atomic mass is 10.1. The van der Waals surface area contributed by atoms with Crippen LogP contribution in [0.3, 0.4) is 0 Å². The second kappa shape index (κ2) is 10.7. The quantitative estimate of drug-likeness (QED) is 0.490. The number of ether oxygens (including phenoxy) is 1. The molecule has 0 saturated heterocycles. The van der Waals surface area contributed by atoms with Crippen molar-refractivity contribution in [3.63, 3.8) is 0 Å². The molecule has 3 aromatic carbocycles. The van der Waals surface area contributed by atoms with Crippen LogP contribution in [-0.4, -0.2) is 24.2 Å². The lowest BCUT2D eigenvalue weighted by Gasteiger charge is -2.13. The number of carbonyl (C=O) groups excluding carboxylic acids is 2. The Kier molecular flexibility index (Phi) is 7.73. The van der Waals surface area contributed by atoms with Gasteiger partial charge in [-0.2, -0.15) is 0 Å². The number of hydrogen-bond acceptors (Lipinski definition) is 4. The largest absolute Gasteiger partial charge is 0.495 e. The molecule has 160 valence electrons. The second-order valence-corrected chi connectivity index (χ2v) is 8.43. The van der Waals surface area contributed by atoms with E-state index >= 15 is 0 Å². The number of benzene rings is 3. The Hall–Kier alpha value is -3.25. The Balaban J connectivity index is 1.55. The molecule has 0 fully saturated rings. The van der Waals surface area contributed by atoms with Crippen molar-refractivity contribution < 1.29 is 14.3 Å². The average Bonchev–Trinajstić information content (AvgIpc) is 2.79. The molecule has 0 heterocycles. The van der Waals surface area contributed by atoms with Crippen molar-refractivity contribution in [2.45, 2.75) is 24.9 Å². The molecule has 0 radical (unpaired) electrons. The number of nitrogens with one attached hydrogen (secondary N) is 2. The third-order valence-electron chi connectivity index (χ3n) is 4.89. The monoisotopic (exact) mass is 434 g/mol. The maximum atomic E-state index is 12.5. The molecule has 0 aromatic heterocycles. The van der Waals surface area contributed by atoms with Gasteiger partial charge in [-0.25, -0.2) is 0 Å². The summed E-state index contributed by atoms with van der Waals surface area (Å²) in [5, 5.41) is 5.55. The van der Waals surface area contributed by atoms with Crippen LogP contribution in [0.15, 0.2) is 72.8 Å². The summed E-state index contributed by atoms with van der Waals surface area (Å²) in [5.74, 6) is 1.06. The molecule has 6 heteroatoms. The van der Waals surface area contributed by atoms with E-state index in [0.29, 0.717) is 22.7 Å². The summed E-state index contributed by atoms with van der Waals surface area (Å²) in [4.78, 5) is 25.0. The molecular weight excluding hydrogens is 408 g/mol. The Morgan fingerprint density at radius 2 is 1.61 bits per heavy atom. The zero-order valence-electron chi connectivity index (χ0n) is 17.8. The Bertz CT molecular complexity index is 1050. The van der Waals surface area contributed by atoms with Crippen molar-refractivity contribution in [2.24, 2.45) is 0 Å². The van der Waals surface area contributed by atoms with E-state index in [9.17, 15) is 9.59 Å². The van der Waals surface area contributed by atoms with Crippen molar-refractivity contribution in [2.75, 3.05) is 17.7 Å². The van der Waals surface area contributed by atoms with E-state index in [-0.39, 0.29) is 17.1 Å². The van der Waals surface area contributed by atoms with Crippen LogP contribution in [0.2, 0.25) is 0 Å². The van der Waals surface area contributed by atoms with E-state index in [0.717, 1.165) is 5.75 Å². The fraction of sp³-hybridized carbons (Fsp3) is 0.200. The van der Waals surface area contributed by atoms with Crippen molar-refractivity contribution in [3.8, 4) is 5.75 Å². The lowest BCUT2D eigenvalue weighted by Crippen LogP contribution is -2.22. The molecule has 2 amide bonds. The maximum Gasteiger partial charge on any atom is 0.255 e. The van der Waals surface area contributed by atoms with Crippen LogP contribution in [0, 0.1) is 6.92 Å². The van der Waals surface area contributed by atoms with Gasteiger partial charge < -0.3 is 15.4 Å². The number of anilines is 2. The van der Waals surface area contributed by atoms with E-state index in [4.69, 9.17) is 4.74 Å². The van der Waals surface area contributed by atoms with E-state index in [1.165, 1.54) is 11.1 Å². The van der Waals surface area contributed by atoms with Crippen molar-refractivity contribution >= 4 is 35.0 Å². The topological polar surface area (TPSA) is 67.4 Å². The van der Waals surface area contributed by atoms with Gasteiger partial charge in [0.1, 0.15) is 5.75 Å². The average molecular weight is 435 g/mol. The van der Waals surface area contributed by atoms with Gasteiger partial charge in [-0.15, -0.1) is 11.8 Å². The smallest absolute Gasteiger partial charge is 0.255 e. The Morgan fingerprint density at radius 3 is 2.32 bits per heavy atom. The van der Waals surface area contributed by atoms with Crippen LogP contribution in [0.5, 0.6) is 5.75 Å². The number of aryl methyl sites for hydroxylation is 1. The minimum absolute atomic E-state index is 0.0650. The van der Waals surface area contributed by atoms with Crippen LogP contribution in [0.25, 0.3) is 0 Å². The number of rotatable bonds is 8. The Morgan fingerprint density at radius 1 is 0.935 bits per heavy atom. The van der Waals surface area contributed by atoms with Crippen molar-refractivity contribution in [1.29, 1.82) is 0 Å². The molecule has 3 aromatic rings. The standard InChI is InChI=1S/C25H26N2O3S/c1-17-8-4-5-9-20(17)16-31-18(2)24(28)26-21-14-12-19(13-15-21)25(29)27-22-10-6-7-11-23(22)30-3/h4-15,18H,16H2,1-3H3,(H,26,28)(H,27,29). The van der Waals surface area contributed by atoms with E-state index in [1.54, 1.807) is 55.3 Å². The molecule has 0 saturated carbocycles. The van der Waals surface area contributed by atoms with Crippen molar-refractivity contribution in [3.05, 3.63) is 89.5 Å². The van der Waals surface area contributed by atoms with Crippen LogP contribution in [0.4, 0.5) is 11.4 Å². The van der Waals surface area contributed by atoms with Crippen LogP contribution in [0.1, 0.15) is 28.4 Å².